The molecule has 0 unspecified atom stereocenters. The molecular formula is C21H21ClN2O5S2. The summed E-state index contributed by atoms with van der Waals surface area (Å²) in [5.41, 5.74) is 2.37. The molecule has 0 spiro atoms. The van der Waals surface area contributed by atoms with Crippen molar-refractivity contribution in [3.63, 3.8) is 0 Å². The molecule has 10 heteroatoms. The maximum Gasteiger partial charge on any atom is 0.411 e. The van der Waals surface area contributed by atoms with E-state index in [4.69, 9.17) is 16.3 Å². The number of fused-ring (bicyclic) bond motifs is 3. The van der Waals surface area contributed by atoms with Crippen LogP contribution >= 0.6 is 22.9 Å². The summed E-state index contributed by atoms with van der Waals surface area (Å²) in [6, 6.07) is 8.05. The van der Waals surface area contributed by atoms with Crippen molar-refractivity contribution in [1.29, 1.82) is 0 Å². The minimum absolute atomic E-state index is 0.00634. The second kappa shape index (κ2) is 7.50. The Hall–Kier alpha value is -2.10. The molecule has 0 radical (unpaired) electrons. The van der Waals surface area contributed by atoms with Gasteiger partial charge in [0.25, 0.3) is 5.91 Å². The summed E-state index contributed by atoms with van der Waals surface area (Å²) in [7, 11) is -3.49. The lowest BCUT2D eigenvalue weighted by molar-refractivity contribution is 0.0640. The molecule has 0 bridgehead atoms. The Bertz CT molecular complexity index is 1170. The van der Waals surface area contributed by atoms with Gasteiger partial charge in [-0.3, -0.25) is 9.69 Å². The van der Waals surface area contributed by atoms with E-state index in [2.05, 4.69) is 12.1 Å². The second-order valence-corrected chi connectivity index (χ2v) is 11.5. The van der Waals surface area contributed by atoms with Crippen LogP contribution in [0.4, 0.5) is 4.79 Å². The first-order valence-corrected chi connectivity index (χ1v) is 13.2. The molecular weight excluding hydrogens is 460 g/mol. The van der Waals surface area contributed by atoms with Crippen LogP contribution in [0.3, 0.4) is 0 Å². The molecule has 1 aliphatic carbocycles. The molecule has 7 nitrogen and oxygen atoms in total. The fraction of sp³-hybridized carbons (Fsp3) is 0.429. The molecule has 31 heavy (non-hydrogen) atoms. The van der Waals surface area contributed by atoms with Gasteiger partial charge in [0.05, 0.1) is 16.0 Å². The number of amides is 2. The van der Waals surface area contributed by atoms with Gasteiger partial charge in [0.1, 0.15) is 11.0 Å². The van der Waals surface area contributed by atoms with Gasteiger partial charge < -0.3 is 9.64 Å². The minimum Gasteiger partial charge on any atom is -0.443 e. The standard InChI is InChI=1S/C21H21ClN2O5S2/c1-31(27,28)16-11-30-19(17(16)22)20(25)23-8-6-13(7-9-23)24-18-14-5-3-2-4-12(14)10-15(18)29-21(24)26/h2-5,11,13,15,18H,6-10H2,1H3/t15-,18+/m0/s1. The van der Waals surface area contributed by atoms with Gasteiger partial charge >= 0.3 is 6.09 Å². The average molecular weight is 481 g/mol. The smallest absolute Gasteiger partial charge is 0.411 e. The van der Waals surface area contributed by atoms with E-state index in [1.54, 1.807) is 4.90 Å². The van der Waals surface area contributed by atoms with Crippen molar-refractivity contribution in [3.8, 4) is 0 Å². The third kappa shape index (κ3) is 3.43. The van der Waals surface area contributed by atoms with Crippen molar-refractivity contribution in [1.82, 2.24) is 9.80 Å². The van der Waals surface area contributed by atoms with Crippen LogP contribution in [0, 0.1) is 0 Å². The van der Waals surface area contributed by atoms with Gasteiger partial charge in [-0.05, 0) is 24.0 Å². The number of sulfone groups is 1. The van der Waals surface area contributed by atoms with Crippen LogP contribution in [-0.4, -0.2) is 61.7 Å². The Morgan fingerprint density at radius 1 is 1.23 bits per heavy atom. The number of likely N-dealkylation sites (tertiary alicyclic amines) is 1. The normalized spacial score (nSPS) is 23.6. The van der Waals surface area contributed by atoms with E-state index in [1.807, 2.05) is 17.0 Å². The van der Waals surface area contributed by atoms with Gasteiger partial charge in [-0.15, -0.1) is 11.3 Å². The Labute approximate surface area is 189 Å². The minimum atomic E-state index is -3.49. The lowest BCUT2D eigenvalue weighted by atomic mass is 9.99. The molecule has 1 aromatic heterocycles. The predicted octanol–water partition coefficient (Wildman–Crippen LogP) is 3.53. The third-order valence-electron chi connectivity index (χ3n) is 6.35. The zero-order valence-corrected chi connectivity index (χ0v) is 19.2. The number of hydrogen-bond donors (Lipinski definition) is 0. The van der Waals surface area contributed by atoms with E-state index < -0.39 is 9.84 Å². The lowest BCUT2D eigenvalue weighted by Gasteiger charge is -2.37. The van der Waals surface area contributed by atoms with E-state index in [0.29, 0.717) is 25.9 Å². The van der Waals surface area contributed by atoms with E-state index in [0.717, 1.165) is 29.6 Å². The highest BCUT2D eigenvalue weighted by Crippen LogP contribution is 2.45. The Kier molecular flexibility index (Phi) is 5.02. The van der Waals surface area contributed by atoms with Gasteiger partial charge in [0, 0.05) is 37.2 Å². The molecule has 2 saturated heterocycles. The average Bonchev–Trinajstić information content (AvgIpc) is 3.38. The van der Waals surface area contributed by atoms with Crippen molar-refractivity contribution in [3.05, 3.63) is 50.7 Å². The van der Waals surface area contributed by atoms with Crippen molar-refractivity contribution < 1.29 is 22.7 Å². The van der Waals surface area contributed by atoms with Crippen LogP contribution in [-0.2, 0) is 21.0 Å². The van der Waals surface area contributed by atoms with Crippen molar-refractivity contribution >= 4 is 44.8 Å². The number of nitrogens with zero attached hydrogens (tertiary/aromatic N) is 2. The molecule has 0 saturated carbocycles. The Morgan fingerprint density at radius 3 is 2.61 bits per heavy atom. The molecule has 5 rings (SSSR count). The van der Waals surface area contributed by atoms with Crippen molar-refractivity contribution in [2.45, 2.75) is 42.3 Å². The second-order valence-electron chi connectivity index (χ2n) is 8.22. The fourth-order valence-electron chi connectivity index (χ4n) is 4.87. The fourth-order valence-corrected chi connectivity index (χ4v) is 7.74. The van der Waals surface area contributed by atoms with Crippen LogP contribution in [0.2, 0.25) is 5.02 Å². The van der Waals surface area contributed by atoms with Crippen LogP contribution in [0.5, 0.6) is 0 Å². The summed E-state index contributed by atoms with van der Waals surface area (Å²) >= 11 is 7.25. The number of benzene rings is 1. The van der Waals surface area contributed by atoms with Gasteiger partial charge in [-0.1, -0.05) is 35.9 Å². The number of carbonyl (C=O) groups is 2. The quantitative estimate of drug-likeness (QED) is 0.671. The van der Waals surface area contributed by atoms with Crippen LogP contribution in [0.15, 0.2) is 34.5 Å². The van der Waals surface area contributed by atoms with Gasteiger partial charge in [0.15, 0.2) is 9.84 Å². The maximum absolute atomic E-state index is 13.0. The Morgan fingerprint density at radius 2 is 1.94 bits per heavy atom. The third-order valence-corrected chi connectivity index (χ3v) is 9.20. The number of hydrogen-bond acceptors (Lipinski definition) is 6. The van der Waals surface area contributed by atoms with E-state index in [9.17, 15) is 18.0 Å². The highest BCUT2D eigenvalue weighted by atomic mass is 35.5. The predicted molar refractivity (Wildman–Crippen MR) is 116 cm³/mol. The topological polar surface area (TPSA) is 84.0 Å². The molecule has 2 aromatic rings. The summed E-state index contributed by atoms with van der Waals surface area (Å²) in [4.78, 5) is 29.3. The Balaban J connectivity index is 1.30. The van der Waals surface area contributed by atoms with Crippen molar-refractivity contribution in [2.24, 2.45) is 0 Å². The first kappa shape index (κ1) is 20.8. The molecule has 3 heterocycles. The highest BCUT2D eigenvalue weighted by Gasteiger charge is 2.50. The first-order valence-electron chi connectivity index (χ1n) is 10.1. The number of piperidine rings is 1. The molecule has 2 amide bonds. The van der Waals surface area contributed by atoms with Crippen molar-refractivity contribution in [2.75, 3.05) is 19.3 Å². The zero-order chi connectivity index (χ0) is 21.9. The molecule has 3 aliphatic rings. The summed E-state index contributed by atoms with van der Waals surface area (Å²) in [6.07, 6.45) is 2.64. The molecule has 164 valence electrons. The monoisotopic (exact) mass is 480 g/mol. The molecule has 2 aliphatic heterocycles. The summed E-state index contributed by atoms with van der Waals surface area (Å²) in [6.45, 7) is 0.934. The number of halogens is 1. The molecule has 1 aromatic carbocycles. The lowest BCUT2D eigenvalue weighted by Crippen LogP contribution is -2.47. The largest absolute Gasteiger partial charge is 0.443 e. The van der Waals surface area contributed by atoms with E-state index in [1.165, 1.54) is 10.9 Å². The number of carbonyl (C=O) groups excluding carboxylic acids is 2. The van der Waals surface area contributed by atoms with E-state index in [-0.39, 0.29) is 45.0 Å². The molecule has 2 atom stereocenters. The highest BCUT2D eigenvalue weighted by molar-refractivity contribution is 7.91. The molecule has 0 N–H and O–H groups in total. The van der Waals surface area contributed by atoms with Gasteiger partial charge in [-0.25, -0.2) is 13.2 Å². The van der Waals surface area contributed by atoms with Crippen LogP contribution in [0.25, 0.3) is 0 Å². The first-order chi connectivity index (χ1) is 14.8. The van der Waals surface area contributed by atoms with Gasteiger partial charge in [-0.2, -0.15) is 0 Å². The SMILES string of the molecule is CS(=O)(=O)c1csc(C(=O)N2CCC(N3C(=O)O[C@H]4Cc5ccccc5[C@H]43)CC2)c1Cl. The van der Waals surface area contributed by atoms with Crippen LogP contribution < -0.4 is 0 Å². The zero-order valence-electron chi connectivity index (χ0n) is 16.8. The maximum atomic E-state index is 13.0. The number of thiophene rings is 1. The molecule has 2 fully saturated rings. The van der Waals surface area contributed by atoms with E-state index >= 15 is 0 Å². The summed E-state index contributed by atoms with van der Waals surface area (Å²) < 4.78 is 29.3. The number of rotatable bonds is 3. The summed E-state index contributed by atoms with van der Waals surface area (Å²) in [5, 5.41) is 1.41. The number of ether oxygens (including phenoxy) is 1. The van der Waals surface area contributed by atoms with Gasteiger partial charge in [0.2, 0.25) is 0 Å². The van der Waals surface area contributed by atoms with Crippen LogP contribution in [0.1, 0.15) is 39.7 Å². The summed E-state index contributed by atoms with van der Waals surface area (Å²) in [5.74, 6) is -0.267.